The predicted octanol–water partition coefficient (Wildman–Crippen LogP) is 12.7. The van der Waals surface area contributed by atoms with E-state index in [1.807, 2.05) is 58.8 Å². The third-order valence-corrected chi connectivity index (χ3v) is 9.46. The zero-order chi connectivity index (χ0) is 37.0. The summed E-state index contributed by atoms with van der Waals surface area (Å²) >= 11 is 42.8. The van der Waals surface area contributed by atoms with E-state index < -0.39 is 0 Å². The number of nitrogens with zero attached hydrogens (tertiary/aromatic N) is 4. The highest BCUT2D eigenvalue weighted by Crippen LogP contribution is 2.33. The van der Waals surface area contributed by atoms with E-state index in [1.165, 1.54) is 0 Å². The second-order valence-corrected chi connectivity index (χ2v) is 14.1. The Kier molecular flexibility index (Phi) is 15.0. The van der Waals surface area contributed by atoms with E-state index in [4.69, 9.17) is 95.4 Å². The van der Waals surface area contributed by atoms with Crippen molar-refractivity contribution in [3.8, 4) is 5.75 Å². The average Bonchev–Trinajstić information content (AvgIpc) is 3.84. The summed E-state index contributed by atoms with van der Waals surface area (Å²) in [6.45, 7) is 3.53. The van der Waals surface area contributed by atoms with Gasteiger partial charge in [0.05, 0.1) is 36.5 Å². The molecule has 0 saturated carbocycles. The molecule has 6 rings (SSSR count). The fourth-order valence-electron chi connectivity index (χ4n) is 4.88. The first kappa shape index (κ1) is 39.8. The molecule has 0 bridgehead atoms. The van der Waals surface area contributed by atoms with Crippen LogP contribution >= 0.6 is 81.2 Å². The number of halogens is 7. The van der Waals surface area contributed by atoms with Gasteiger partial charge in [0, 0.05) is 66.1 Å². The van der Waals surface area contributed by atoms with Crippen LogP contribution in [0.2, 0.25) is 35.2 Å². The zero-order valence-corrected chi connectivity index (χ0v) is 32.8. The maximum atomic E-state index is 6.39. The van der Waals surface area contributed by atoms with E-state index in [0.717, 1.165) is 28.1 Å². The van der Waals surface area contributed by atoms with Crippen LogP contribution < -0.4 is 4.74 Å². The lowest BCUT2D eigenvalue weighted by Gasteiger charge is -2.21. The van der Waals surface area contributed by atoms with Crippen molar-refractivity contribution in [2.24, 2.45) is 0 Å². The summed E-state index contributed by atoms with van der Waals surface area (Å²) in [4.78, 5) is 8.15. The summed E-state index contributed by atoms with van der Waals surface area (Å²) < 4.78 is 21.6. The predicted molar refractivity (Wildman–Crippen MR) is 213 cm³/mol. The quantitative estimate of drug-likeness (QED) is 0.0856. The minimum Gasteiger partial charge on any atom is -0.490 e. The Bertz CT molecular complexity index is 2070. The second kappa shape index (κ2) is 19.6. The van der Waals surface area contributed by atoms with Crippen LogP contribution in [0.25, 0.3) is 11.5 Å². The van der Waals surface area contributed by atoms with Crippen LogP contribution in [0, 0.1) is 0 Å². The van der Waals surface area contributed by atoms with Crippen LogP contribution in [0.1, 0.15) is 29.7 Å². The Balaban J connectivity index is 0.000000202. The topological polar surface area (TPSA) is 63.3 Å². The van der Waals surface area contributed by atoms with Crippen LogP contribution in [-0.4, -0.2) is 32.3 Å². The highest BCUT2D eigenvalue weighted by Gasteiger charge is 2.18. The van der Waals surface area contributed by atoms with Crippen molar-refractivity contribution in [2.75, 3.05) is 13.2 Å². The van der Waals surface area contributed by atoms with E-state index >= 15 is 0 Å². The van der Waals surface area contributed by atoms with Gasteiger partial charge in [-0.2, -0.15) is 0 Å². The summed E-state index contributed by atoms with van der Waals surface area (Å²) in [5.41, 5.74) is 3.30. The smallest absolute Gasteiger partial charge is 0.147 e. The highest BCUT2D eigenvalue weighted by atomic mass is 35.5. The molecule has 270 valence electrons. The molecule has 0 aliphatic heterocycles. The Labute approximate surface area is 337 Å². The summed E-state index contributed by atoms with van der Waals surface area (Å²) in [5, 5.41) is 4.03. The van der Waals surface area contributed by atoms with Crippen molar-refractivity contribution < 1.29 is 14.2 Å². The van der Waals surface area contributed by atoms with Gasteiger partial charge in [-0.15, -0.1) is 0 Å². The molecule has 52 heavy (non-hydrogen) atoms. The molecule has 2 heterocycles. The molecule has 0 aliphatic carbocycles. The van der Waals surface area contributed by atoms with Gasteiger partial charge < -0.3 is 23.3 Å². The third-order valence-electron chi connectivity index (χ3n) is 7.51. The minimum atomic E-state index is -0.286. The van der Waals surface area contributed by atoms with Crippen molar-refractivity contribution >= 4 is 92.7 Å². The molecule has 1 atom stereocenters. The molecule has 0 fully saturated rings. The molecule has 0 amide bonds. The number of allylic oxidation sites excluding steroid dienone is 1. The molecule has 4 aromatic carbocycles. The normalized spacial score (nSPS) is 12.1. The number of imidazole rings is 2. The first-order valence-corrected chi connectivity index (χ1v) is 18.3. The van der Waals surface area contributed by atoms with E-state index in [9.17, 15) is 0 Å². The van der Waals surface area contributed by atoms with Gasteiger partial charge in [0.1, 0.15) is 30.8 Å². The van der Waals surface area contributed by atoms with Crippen LogP contribution in [0.15, 0.2) is 116 Å². The Morgan fingerprint density at radius 2 is 1.31 bits per heavy atom. The monoisotopic (exact) mass is 836 g/mol. The molecule has 7 nitrogen and oxygen atoms in total. The molecular formula is C38H31Cl7N4O3. The summed E-state index contributed by atoms with van der Waals surface area (Å²) in [6, 6.07) is 23.2. The van der Waals surface area contributed by atoms with Gasteiger partial charge in [-0.05, 0) is 79.2 Å². The van der Waals surface area contributed by atoms with Crippen molar-refractivity contribution in [2.45, 2.75) is 26.2 Å². The van der Waals surface area contributed by atoms with E-state index in [2.05, 4.69) is 9.97 Å². The first-order chi connectivity index (χ1) is 25.1. The summed E-state index contributed by atoms with van der Waals surface area (Å²) in [7, 11) is 0. The maximum absolute atomic E-state index is 6.39. The van der Waals surface area contributed by atoms with Gasteiger partial charge in [0.15, 0.2) is 0 Å². The largest absolute Gasteiger partial charge is 0.490 e. The number of hydrogen-bond acceptors (Lipinski definition) is 5. The number of ether oxygens (including phenoxy) is 3. The molecule has 0 saturated heterocycles. The van der Waals surface area contributed by atoms with Crippen molar-refractivity contribution in [1.29, 1.82) is 0 Å². The van der Waals surface area contributed by atoms with Crippen molar-refractivity contribution in [3.63, 3.8) is 0 Å². The van der Waals surface area contributed by atoms with Crippen LogP contribution in [0.3, 0.4) is 0 Å². The fraction of sp³-hybridized carbons (Fsp3) is 0.158. The number of hydrogen-bond donors (Lipinski definition) is 0. The standard InChI is InChI=1S/C20H17Cl3N2O2.C18H14Cl4N2O/c1-14(25-9-8-24-13-25)20(18-7-4-16(22)12-19(18)23)27-11-10-26-17-5-2-15(21)3-6-17;19-13-2-1-12(16(21)7-13)10-25-18(9-24-6-5-23-11-24)15-4-3-14(20)8-17(15)22/h2-9,12-13H,10-11H2,1H3;1-8,11,18H,9-10H2/b20-14-;. The van der Waals surface area contributed by atoms with Gasteiger partial charge in [-0.3, -0.25) is 0 Å². The van der Waals surface area contributed by atoms with Gasteiger partial charge in [-0.1, -0.05) is 93.3 Å². The molecule has 6 aromatic rings. The Hall–Kier alpha value is -3.37. The molecular weight excluding hydrogens is 809 g/mol. The summed E-state index contributed by atoms with van der Waals surface area (Å²) in [5.74, 6) is 1.36. The van der Waals surface area contributed by atoms with E-state index in [0.29, 0.717) is 67.3 Å². The van der Waals surface area contributed by atoms with Crippen LogP contribution in [-0.2, 0) is 22.6 Å². The fourth-order valence-corrected chi connectivity index (χ4v) is 6.49. The Morgan fingerprint density at radius 3 is 1.94 bits per heavy atom. The Morgan fingerprint density at radius 1 is 0.673 bits per heavy atom. The lowest BCUT2D eigenvalue weighted by Crippen LogP contribution is -2.12. The maximum Gasteiger partial charge on any atom is 0.147 e. The van der Waals surface area contributed by atoms with E-state index in [1.54, 1.807) is 73.6 Å². The van der Waals surface area contributed by atoms with Gasteiger partial charge in [0.2, 0.25) is 0 Å². The lowest BCUT2D eigenvalue weighted by molar-refractivity contribution is 0.0281. The van der Waals surface area contributed by atoms with Crippen molar-refractivity contribution in [3.05, 3.63) is 168 Å². The van der Waals surface area contributed by atoms with Gasteiger partial charge in [-0.25, -0.2) is 9.97 Å². The summed E-state index contributed by atoms with van der Waals surface area (Å²) in [6.07, 6.45) is 10.3. The molecule has 0 spiro atoms. The molecule has 1 unspecified atom stereocenters. The number of rotatable bonds is 13. The minimum absolute atomic E-state index is 0.286. The zero-order valence-electron chi connectivity index (χ0n) is 27.5. The molecule has 0 radical (unpaired) electrons. The molecule has 0 aliphatic rings. The third kappa shape index (κ3) is 11.6. The van der Waals surface area contributed by atoms with Gasteiger partial charge >= 0.3 is 0 Å². The van der Waals surface area contributed by atoms with Crippen LogP contribution in [0.4, 0.5) is 0 Å². The molecule has 2 aromatic heterocycles. The molecule has 0 N–H and O–H groups in total. The SMILES string of the molecule is C/C(=C(/OCCOc1ccc(Cl)cc1)c1ccc(Cl)cc1Cl)n1ccnc1.Clc1ccc(COC(Cn2ccnc2)c2ccc(Cl)cc2Cl)c(Cl)c1. The number of benzene rings is 4. The van der Waals surface area contributed by atoms with Crippen LogP contribution in [0.5, 0.6) is 5.75 Å². The van der Waals surface area contributed by atoms with Gasteiger partial charge in [0.25, 0.3) is 0 Å². The highest BCUT2D eigenvalue weighted by molar-refractivity contribution is 6.36. The lowest BCUT2D eigenvalue weighted by atomic mass is 10.1. The molecule has 14 heteroatoms. The van der Waals surface area contributed by atoms with Crippen molar-refractivity contribution in [1.82, 2.24) is 19.1 Å². The first-order valence-electron chi connectivity index (χ1n) is 15.7. The number of aromatic nitrogens is 4. The second-order valence-electron chi connectivity index (χ2n) is 11.1. The average molecular weight is 840 g/mol. The van der Waals surface area contributed by atoms with E-state index in [-0.39, 0.29) is 6.10 Å².